The van der Waals surface area contributed by atoms with Gasteiger partial charge < -0.3 is 10.1 Å². The van der Waals surface area contributed by atoms with Crippen molar-refractivity contribution in [3.05, 3.63) is 62.5 Å². The molecular weight excluding hydrogens is 420 g/mol. The van der Waals surface area contributed by atoms with Crippen molar-refractivity contribution in [2.45, 2.75) is 13.8 Å². The van der Waals surface area contributed by atoms with E-state index in [1.165, 1.54) is 23.1 Å². The van der Waals surface area contributed by atoms with E-state index < -0.39 is 10.8 Å². The van der Waals surface area contributed by atoms with Gasteiger partial charge in [0.1, 0.15) is 12.3 Å². The molecule has 0 atom stereocenters. The van der Waals surface area contributed by atoms with Crippen LogP contribution in [0.5, 0.6) is 5.75 Å². The molecule has 0 spiro atoms. The first-order valence-electron chi connectivity index (χ1n) is 9.38. The third-order valence-corrected chi connectivity index (χ3v) is 5.61. The summed E-state index contributed by atoms with van der Waals surface area (Å²) in [7, 11) is 0. The molecule has 0 unspecified atom stereocenters. The number of aromatic nitrogens is 1. The van der Waals surface area contributed by atoms with Crippen LogP contribution in [0.2, 0.25) is 0 Å². The zero-order valence-electron chi connectivity index (χ0n) is 16.7. The zero-order valence-corrected chi connectivity index (χ0v) is 17.6. The van der Waals surface area contributed by atoms with Gasteiger partial charge in [-0.25, -0.2) is 4.98 Å². The van der Waals surface area contributed by atoms with E-state index in [1.807, 2.05) is 19.9 Å². The van der Waals surface area contributed by atoms with Gasteiger partial charge in [0.05, 0.1) is 21.3 Å². The molecule has 0 aliphatic carbocycles. The van der Waals surface area contributed by atoms with E-state index in [9.17, 15) is 19.7 Å². The highest BCUT2D eigenvalue weighted by molar-refractivity contribution is 7.11. The Morgan fingerprint density at radius 3 is 2.81 bits per heavy atom. The predicted molar refractivity (Wildman–Crippen MR) is 117 cm³/mol. The third kappa shape index (κ3) is 4.24. The van der Waals surface area contributed by atoms with Gasteiger partial charge in [-0.05, 0) is 38.1 Å². The number of hydrogen-bond acceptors (Lipinski definition) is 7. The Bertz CT molecular complexity index is 1210. The van der Waals surface area contributed by atoms with E-state index in [0.29, 0.717) is 11.4 Å². The summed E-state index contributed by atoms with van der Waals surface area (Å²) in [5.41, 5.74) is 2.27. The molecule has 2 aromatic carbocycles. The number of nitro benzene ring substituents is 1. The molecule has 10 heteroatoms. The molecule has 2 heterocycles. The summed E-state index contributed by atoms with van der Waals surface area (Å²) in [6.07, 6.45) is 0. The van der Waals surface area contributed by atoms with E-state index in [1.54, 1.807) is 29.5 Å². The monoisotopic (exact) mass is 438 g/mol. The molecule has 1 aliphatic heterocycles. The Labute approximate surface area is 181 Å². The van der Waals surface area contributed by atoms with Crippen molar-refractivity contribution >= 4 is 40.2 Å². The largest absolute Gasteiger partial charge is 0.482 e. The van der Waals surface area contributed by atoms with E-state index in [2.05, 4.69) is 10.3 Å². The van der Waals surface area contributed by atoms with E-state index in [0.717, 1.165) is 21.1 Å². The number of hydrogen-bond donors (Lipinski definition) is 1. The lowest BCUT2D eigenvalue weighted by Gasteiger charge is -2.29. The minimum atomic E-state index is -0.541. The molecule has 4 rings (SSSR count). The minimum Gasteiger partial charge on any atom is -0.482 e. The summed E-state index contributed by atoms with van der Waals surface area (Å²) in [5, 5.41) is 14.5. The molecule has 1 aromatic heterocycles. The molecule has 0 radical (unpaired) electrons. The first-order valence-corrected chi connectivity index (χ1v) is 10.2. The average Bonchev–Trinajstić information content (AvgIpc) is 3.08. The van der Waals surface area contributed by atoms with Gasteiger partial charge in [0, 0.05) is 28.3 Å². The maximum absolute atomic E-state index is 12.6. The molecule has 0 saturated carbocycles. The smallest absolute Gasteiger partial charge is 0.271 e. The standard InChI is InChI=1S/C21H18N4O5S/c1-12-21(22-13(2)31-12)14-6-7-18-17(8-14)24(20(27)11-30-18)10-19(26)23-15-4-3-5-16(9-15)25(28)29/h3-9H,10-11H2,1-2H3,(H,23,26). The van der Waals surface area contributed by atoms with Gasteiger partial charge in [0.25, 0.3) is 11.6 Å². The Hall–Kier alpha value is -3.79. The highest BCUT2D eigenvalue weighted by Gasteiger charge is 2.28. The number of ether oxygens (including phenoxy) is 1. The molecular formula is C21H18N4O5S. The average molecular weight is 438 g/mol. The number of nitro groups is 1. The van der Waals surface area contributed by atoms with Crippen molar-refractivity contribution in [1.82, 2.24) is 4.98 Å². The number of aryl methyl sites for hydroxylation is 2. The summed E-state index contributed by atoms with van der Waals surface area (Å²) in [6.45, 7) is 3.48. The molecule has 1 N–H and O–H groups in total. The van der Waals surface area contributed by atoms with Crippen LogP contribution in [0.15, 0.2) is 42.5 Å². The summed E-state index contributed by atoms with van der Waals surface area (Å²) >= 11 is 1.58. The fourth-order valence-electron chi connectivity index (χ4n) is 3.36. The molecule has 2 amide bonds. The molecule has 1 aliphatic rings. The van der Waals surface area contributed by atoms with Crippen LogP contribution in [0.3, 0.4) is 0 Å². The van der Waals surface area contributed by atoms with Crippen LogP contribution in [0.4, 0.5) is 17.1 Å². The lowest BCUT2D eigenvalue weighted by atomic mass is 10.1. The van der Waals surface area contributed by atoms with Crippen LogP contribution in [0, 0.1) is 24.0 Å². The zero-order chi connectivity index (χ0) is 22.1. The summed E-state index contributed by atoms with van der Waals surface area (Å²) in [6, 6.07) is 11.0. The molecule has 3 aromatic rings. The molecule has 0 fully saturated rings. The third-order valence-electron chi connectivity index (χ3n) is 4.72. The number of carbonyl (C=O) groups excluding carboxylic acids is 2. The number of anilines is 2. The maximum atomic E-state index is 12.6. The van der Waals surface area contributed by atoms with Crippen LogP contribution < -0.4 is 15.0 Å². The van der Waals surface area contributed by atoms with E-state index in [-0.39, 0.29) is 30.4 Å². The Balaban J connectivity index is 1.59. The SMILES string of the molecule is Cc1nc(-c2ccc3c(c2)N(CC(=O)Nc2cccc([N+](=O)[O-])c2)C(=O)CO3)c(C)s1. The number of rotatable bonds is 5. The van der Waals surface area contributed by atoms with Crippen LogP contribution in [0.25, 0.3) is 11.3 Å². The van der Waals surface area contributed by atoms with Crippen LogP contribution in [-0.2, 0) is 9.59 Å². The van der Waals surface area contributed by atoms with Crippen LogP contribution in [-0.4, -0.2) is 34.9 Å². The molecule has 9 nitrogen and oxygen atoms in total. The van der Waals surface area contributed by atoms with Crippen molar-refractivity contribution < 1.29 is 19.2 Å². The Kier molecular flexibility index (Phi) is 5.38. The van der Waals surface area contributed by atoms with Gasteiger partial charge in [0.2, 0.25) is 5.91 Å². The fraction of sp³-hybridized carbons (Fsp3) is 0.190. The highest BCUT2D eigenvalue weighted by Crippen LogP contribution is 2.37. The second-order valence-electron chi connectivity index (χ2n) is 6.94. The second kappa shape index (κ2) is 8.15. The predicted octanol–water partition coefficient (Wildman–Crippen LogP) is 3.70. The lowest BCUT2D eigenvalue weighted by Crippen LogP contribution is -2.43. The molecule has 0 saturated heterocycles. The van der Waals surface area contributed by atoms with Crippen LogP contribution >= 0.6 is 11.3 Å². The first-order chi connectivity index (χ1) is 14.8. The number of non-ortho nitro benzene ring substituents is 1. The van der Waals surface area contributed by atoms with Crippen molar-refractivity contribution in [2.75, 3.05) is 23.4 Å². The van der Waals surface area contributed by atoms with E-state index >= 15 is 0 Å². The topological polar surface area (TPSA) is 115 Å². The number of benzene rings is 2. The maximum Gasteiger partial charge on any atom is 0.271 e. The fourth-order valence-corrected chi connectivity index (χ4v) is 4.20. The van der Waals surface area contributed by atoms with Crippen molar-refractivity contribution in [3.8, 4) is 17.0 Å². The molecule has 0 bridgehead atoms. The van der Waals surface area contributed by atoms with Crippen molar-refractivity contribution in [3.63, 3.8) is 0 Å². The van der Waals surface area contributed by atoms with Gasteiger partial charge in [-0.1, -0.05) is 6.07 Å². The summed E-state index contributed by atoms with van der Waals surface area (Å²) in [4.78, 5) is 42.5. The highest BCUT2D eigenvalue weighted by atomic mass is 32.1. The van der Waals surface area contributed by atoms with Gasteiger partial charge in [-0.15, -0.1) is 11.3 Å². The first kappa shape index (κ1) is 20.5. The second-order valence-corrected chi connectivity index (χ2v) is 8.35. The van der Waals surface area contributed by atoms with Crippen LogP contribution in [0.1, 0.15) is 9.88 Å². The molecule has 158 valence electrons. The quantitative estimate of drug-likeness (QED) is 0.480. The van der Waals surface area contributed by atoms with Crippen molar-refractivity contribution in [2.24, 2.45) is 0 Å². The Morgan fingerprint density at radius 1 is 1.29 bits per heavy atom. The number of nitrogens with one attached hydrogen (secondary N) is 1. The van der Waals surface area contributed by atoms with Gasteiger partial charge in [0.15, 0.2) is 6.61 Å². The van der Waals surface area contributed by atoms with Gasteiger partial charge in [-0.3, -0.25) is 24.6 Å². The number of thiazole rings is 1. The van der Waals surface area contributed by atoms with E-state index in [4.69, 9.17) is 4.74 Å². The van der Waals surface area contributed by atoms with Crippen molar-refractivity contribution in [1.29, 1.82) is 0 Å². The molecule has 31 heavy (non-hydrogen) atoms. The van der Waals surface area contributed by atoms with Gasteiger partial charge >= 0.3 is 0 Å². The minimum absolute atomic E-state index is 0.135. The number of amides is 2. The Morgan fingerprint density at radius 2 is 2.10 bits per heavy atom. The lowest BCUT2D eigenvalue weighted by molar-refractivity contribution is -0.384. The number of carbonyl (C=O) groups is 2. The summed E-state index contributed by atoms with van der Waals surface area (Å²) in [5.74, 6) is -0.339. The summed E-state index contributed by atoms with van der Waals surface area (Å²) < 4.78 is 5.52. The van der Waals surface area contributed by atoms with Gasteiger partial charge in [-0.2, -0.15) is 0 Å². The number of nitrogens with zero attached hydrogens (tertiary/aromatic N) is 3. The normalized spacial score (nSPS) is 12.8. The number of fused-ring (bicyclic) bond motifs is 1.